The molecule has 1 aromatic carbocycles. The van der Waals surface area contributed by atoms with Gasteiger partial charge in [0.1, 0.15) is 0 Å². The predicted octanol–water partition coefficient (Wildman–Crippen LogP) is 2.12. The molecule has 0 amide bonds. The summed E-state index contributed by atoms with van der Waals surface area (Å²) < 4.78 is 10.3. The molecule has 0 saturated carbocycles. The van der Waals surface area contributed by atoms with Crippen LogP contribution in [0.2, 0.25) is 0 Å². The summed E-state index contributed by atoms with van der Waals surface area (Å²) in [6.45, 7) is 3.19. The van der Waals surface area contributed by atoms with E-state index in [1.165, 1.54) is 0 Å². The number of rotatable bonds is 5. The van der Waals surface area contributed by atoms with Crippen molar-refractivity contribution in [3.05, 3.63) is 23.8 Å². The Labute approximate surface area is 84.3 Å². The smallest absolute Gasteiger partial charge is 0.161 e. The minimum atomic E-state index is 0.188. The van der Waals surface area contributed by atoms with Crippen molar-refractivity contribution in [3.63, 3.8) is 0 Å². The zero-order valence-corrected chi connectivity index (χ0v) is 8.62. The van der Waals surface area contributed by atoms with E-state index in [4.69, 9.17) is 9.47 Å². The normalized spacial score (nSPS) is 10.1. The zero-order valence-electron chi connectivity index (χ0n) is 8.62. The van der Waals surface area contributed by atoms with E-state index < -0.39 is 0 Å². The Morgan fingerprint density at radius 3 is 2.79 bits per heavy atom. The molecule has 0 heterocycles. The molecule has 3 heteroatoms. The Morgan fingerprint density at radius 2 is 2.07 bits per heavy atom. The summed E-state index contributed by atoms with van der Waals surface area (Å²) in [5, 5.41) is 9.44. The fourth-order valence-corrected chi connectivity index (χ4v) is 1.12. The van der Waals surface area contributed by atoms with Gasteiger partial charge in [-0.25, -0.2) is 0 Å². The van der Waals surface area contributed by atoms with Crippen LogP contribution in [-0.4, -0.2) is 25.4 Å². The Morgan fingerprint density at radius 1 is 1.29 bits per heavy atom. The number of ether oxygens (including phenoxy) is 2. The van der Waals surface area contributed by atoms with Crippen molar-refractivity contribution >= 4 is 0 Å². The average Bonchev–Trinajstić information content (AvgIpc) is 2.18. The summed E-state index contributed by atoms with van der Waals surface area (Å²) in [5.41, 5.74) is 1.07. The van der Waals surface area contributed by atoms with E-state index in [9.17, 15) is 5.11 Å². The molecule has 0 spiro atoms. The summed E-state index contributed by atoms with van der Waals surface area (Å²) >= 11 is 0. The third-order valence-electron chi connectivity index (χ3n) is 1.87. The lowest BCUT2D eigenvalue weighted by atomic mass is 10.2. The molecule has 78 valence electrons. The van der Waals surface area contributed by atoms with Gasteiger partial charge in [0.05, 0.1) is 6.61 Å². The number of phenolic OH excluding ortho intramolecular Hbond substituents is 1. The molecule has 0 aliphatic heterocycles. The monoisotopic (exact) mass is 196 g/mol. The quantitative estimate of drug-likeness (QED) is 0.733. The number of hydrogen-bond acceptors (Lipinski definition) is 3. The summed E-state index contributed by atoms with van der Waals surface area (Å²) in [4.78, 5) is 0. The van der Waals surface area contributed by atoms with Crippen LogP contribution < -0.4 is 4.74 Å². The topological polar surface area (TPSA) is 38.7 Å². The second-order valence-electron chi connectivity index (χ2n) is 3.17. The first-order valence-electron chi connectivity index (χ1n) is 4.65. The van der Waals surface area contributed by atoms with Crippen molar-refractivity contribution in [2.24, 2.45) is 0 Å². The van der Waals surface area contributed by atoms with Gasteiger partial charge in [-0.1, -0.05) is 6.07 Å². The Bertz CT molecular complexity index is 284. The van der Waals surface area contributed by atoms with Gasteiger partial charge >= 0.3 is 0 Å². The maximum atomic E-state index is 9.44. The first-order valence-corrected chi connectivity index (χ1v) is 4.65. The fraction of sp³-hybridized carbons (Fsp3) is 0.455. The third-order valence-corrected chi connectivity index (χ3v) is 1.87. The second kappa shape index (κ2) is 5.50. The molecule has 0 atom stereocenters. The number of aromatic hydroxyl groups is 1. The molecule has 0 radical (unpaired) electrons. The van der Waals surface area contributed by atoms with Crippen molar-refractivity contribution in [3.8, 4) is 11.5 Å². The van der Waals surface area contributed by atoms with Crippen LogP contribution in [0.15, 0.2) is 18.2 Å². The van der Waals surface area contributed by atoms with E-state index in [0.29, 0.717) is 19.0 Å². The predicted molar refractivity (Wildman–Crippen MR) is 54.8 cm³/mol. The molecular weight excluding hydrogens is 180 g/mol. The maximum Gasteiger partial charge on any atom is 0.161 e. The molecular formula is C11H16O3. The largest absolute Gasteiger partial charge is 0.504 e. The van der Waals surface area contributed by atoms with E-state index >= 15 is 0 Å². The van der Waals surface area contributed by atoms with Crippen LogP contribution in [0, 0.1) is 6.92 Å². The van der Waals surface area contributed by atoms with Crippen molar-refractivity contribution in [2.75, 3.05) is 20.3 Å². The van der Waals surface area contributed by atoms with Crippen LogP contribution in [0.1, 0.15) is 12.0 Å². The lowest BCUT2D eigenvalue weighted by Gasteiger charge is -2.08. The highest BCUT2D eigenvalue weighted by molar-refractivity contribution is 5.41. The highest BCUT2D eigenvalue weighted by Crippen LogP contribution is 2.26. The number of phenols is 1. The molecule has 0 aliphatic rings. The van der Waals surface area contributed by atoms with Crippen LogP contribution in [0.5, 0.6) is 11.5 Å². The van der Waals surface area contributed by atoms with Crippen LogP contribution in [0.25, 0.3) is 0 Å². The Kier molecular flexibility index (Phi) is 4.26. The molecule has 0 saturated heterocycles. The van der Waals surface area contributed by atoms with Crippen molar-refractivity contribution in [1.29, 1.82) is 0 Å². The Balaban J connectivity index is 2.45. The second-order valence-corrected chi connectivity index (χ2v) is 3.17. The lowest BCUT2D eigenvalue weighted by molar-refractivity contribution is 0.171. The molecule has 14 heavy (non-hydrogen) atoms. The number of aryl methyl sites for hydroxylation is 1. The minimum Gasteiger partial charge on any atom is -0.504 e. The van der Waals surface area contributed by atoms with E-state index in [-0.39, 0.29) is 5.75 Å². The van der Waals surface area contributed by atoms with Gasteiger partial charge in [0.15, 0.2) is 11.5 Å². The van der Waals surface area contributed by atoms with Gasteiger partial charge in [-0.3, -0.25) is 0 Å². The standard InChI is InChI=1S/C11H16O3/c1-9-4-5-10(12)11(8-9)14-7-3-6-13-2/h4-5,8,12H,3,6-7H2,1-2H3. The van der Waals surface area contributed by atoms with Gasteiger partial charge in [-0.15, -0.1) is 0 Å². The van der Waals surface area contributed by atoms with Crippen LogP contribution in [0.3, 0.4) is 0 Å². The Hall–Kier alpha value is -1.22. The zero-order chi connectivity index (χ0) is 10.4. The summed E-state index contributed by atoms with van der Waals surface area (Å²) in [6, 6.07) is 5.31. The molecule has 1 N–H and O–H groups in total. The van der Waals surface area contributed by atoms with E-state index in [2.05, 4.69) is 0 Å². The van der Waals surface area contributed by atoms with E-state index in [0.717, 1.165) is 12.0 Å². The molecule has 1 rings (SSSR count). The molecule has 0 aliphatic carbocycles. The van der Waals surface area contributed by atoms with Gasteiger partial charge in [-0.05, 0) is 24.6 Å². The lowest BCUT2D eigenvalue weighted by Crippen LogP contribution is -2.01. The van der Waals surface area contributed by atoms with Gasteiger partial charge in [0.2, 0.25) is 0 Å². The van der Waals surface area contributed by atoms with Crippen LogP contribution >= 0.6 is 0 Å². The highest BCUT2D eigenvalue weighted by atomic mass is 16.5. The number of hydrogen-bond donors (Lipinski definition) is 1. The summed E-state index contributed by atoms with van der Waals surface area (Å²) in [6.07, 6.45) is 0.823. The van der Waals surface area contributed by atoms with Crippen molar-refractivity contribution in [1.82, 2.24) is 0 Å². The molecule has 3 nitrogen and oxygen atoms in total. The summed E-state index contributed by atoms with van der Waals surface area (Å²) in [7, 11) is 1.66. The molecule has 0 fully saturated rings. The van der Waals surface area contributed by atoms with Crippen LogP contribution in [0.4, 0.5) is 0 Å². The third kappa shape index (κ3) is 3.26. The minimum absolute atomic E-state index is 0.188. The SMILES string of the molecule is COCCCOc1cc(C)ccc1O. The van der Waals surface area contributed by atoms with Gasteiger partial charge in [0, 0.05) is 20.1 Å². The fourth-order valence-electron chi connectivity index (χ4n) is 1.12. The van der Waals surface area contributed by atoms with Crippen molar-refractivity contribution < 1.29 is 14.6 Å². The van der Waals surface area contributed by atoms with Gasteiger partial charge in [0.25, 0.3) is 0 Å². The van der Waals surface area contributed by atoms with E-state index in [1.807, 2.05) is 19.1 Å². The molecule has 0 aromatic heterocycles. The van der Waals surface area contributed by atoms with Crippen molar-refractivity contribution in [2.45, 2.75) is 13.3 Å². The molecule has 0 unspecified atom stereocenters. The van der Waals surface area contributed by atoms with Gasteiger partial charge in [-0.2, -0.15) is 0 Å². The summed E-state index contributed by atoms with van der Waals surface area (Å²) in [5.74, 6) is 0.731. The maximum absolute atomic E-state index is 9.44. The number of methoxy groups -OCH3 is 1. The van der Waals surface area contributed by atoms with Gasteiger partial charge < -0.3 is 14.6 Å². The molecule has 1 aromatic rings. The van der Waals surface area contributed by atoms with E-state index in [1.54, 1.807) is 13.2 Å². The highest BCUT2D eigenvalue weighted by Gasteiger charge is 2.01. The first kappa shape index (κ1) is 10.9. The first-order chi connectivity index (χ1) is 6.74. The molecule has 0 bridgehead atoms. The number of benzene rings is 1. The average molecular weight is 196 g/mol. The van der Waals surface area contributed by atoms with Crippen LogP contribution in [-0.2, 0) is 4.74 Å².